The highest BCUT2D eigenvalue weighted by Crippen LogP contribution is 2.19. The largest absolute Gasteiger partial charge is 0.496 e. The smallest absolute Gasteiger partial charge is 0.321 e. The molecule has 30 heavy (non-hydrogen) atoms. The van der Waals surface area contributed by atoms with Crippen LogP contribution < -0.4 is 15.4 Å². The molecule has 2 aromatic rings. The van der Waals surface area contributed by atoms with Crippen molar-refractivity contribution in [3.8, 4) is 5.75 Å². The minimum atomic E-state index is -0.0232. The summed E-state index contributed by atoms with van der Waals surface area (Å²) in [5.74, 6) is 1.65. The van der Waals surface area contributed by atoms with Crippen LogP contribution in [0.25, 0.3) is 0 Å². The second-order valence-electron chi connectivity index (χ2n) is 7.39. The molecule has 0 aliphatic carbocycles. The Morgan fingerprint density at radius 2 is 1.93 bits per heavy atom. The highest BCUT2D eigenvalue weighted by Gasteiger charge is 2.17. The standard InChI is InChI=1S/C23H31N5O2/c1-24-22(27(2)17-19-10-4-5-12-21(19)30-3)25-16-18-9-8-11-20(15-18)26-23(29)28-13-6-7-14-28/h4-5,8-12,15H,6-7,13-14,16-17H2,1-3H3,(H,24,25)(H,26,29). The number of nitrogens with zero attached hydrogens (tertiary/aromatic N) is 3. The number of carbonyl (C=O) groups excluding carboxylic acids is 1. The molecule has 2 aromatic carbocycles. The van der Waals surface area contributed by atoms with Gasteiger partial charge in [-0.3, -0.25) is 4.99 Å². The molecule has 3 rings (SSSR count). The first-order valence-corrected chi connectivity index (χ1v) is 10.3. The number of ether oxygens (including phenoxy) is 1. The topological polar surface area (TPSA) is 69.2 Å². The molecule has 0 saturated carbocycles. The number of methoxy groups -OCH3 is 1. The number of urea groups is 1. The second-order valence-corrected chi connectivity index (χ2v) is 7.39. The average Bonchev–Trinajstić information content (AvgIpc) is 3.30. The molecule has 7 heteroatoms. The number of anilines is 1. The molecule has 2 amide bonds. The maximum absolute atomic E-state index is 12.3. The Hall–Kier alpha value is -3.22. The normalized spacial score (nSPS) is 13.8. The molecular formula is C23H31N5O2. The second kappa shape index (κ2) is 10.5. The van der Waals surface area contributed by atoms with E-state index in [1.165, 1.54) is 0 Å². The molecule has 0 unspecified atom stereocenters. The number of rotatable bonds is 6. The maximum atomic E-state index is 12.3. The van der Waals surface area contributed by atoms with E-state index in [0.717, 1.165) is 54.5 Å². The predicted molar refractivity (Wildman–Crippen MR) is 121 cm³/mol. The van der Waals surface area contributed by atoms with Crippen molar-refractivity contribution in [2.75, 3.05) is 39.6 Å². The van der Waals surface area contributed by atoms with Crippen LogP contribution in [0.3, 0.4) is 0 Å². The summed E-state index contributed by atoms with van der Waals surface area (Å²) in [6, 6.07) is 15.9. The number of para-hydroxylation sites is 1. The van der Waals surface area contributed by atoms with Gasteiger partial charge in [0, 0.05) is 51.5 Å². The average molecular weight is 410 g/mol. The Bertz CT molecular complexity index is 877. The van der Waals surface area contributed by atoms with Crippen LogP contribution in [0.2, 0.25) is 0 Å². The van der Waals surface area contributed by atoms with E-state index in [-0.39, 0.29) is 6.03 Å². The molecule has 160 valence electrons. The van der Waals surface area contributed by atoms with E-state index < -0.39 is 0 Å². The van der Waals surface area contributed by atoms with Gasteiger partial charge in [0.2, 0.25) is 0 Å². The first-order valence-electron chi connectivity index (χ1n) is 10.3. The van der Waals surface area contributed by atoms with E-state index in [1.807, 2.05) is 54.4 Å². The Morgan fingerprint density at radius 1 is 1.17 bits per heavy atom. The number of guanidine groups is 1. The SMILES string of the molecule is CN=C(NCc1cccc(NC(=O)N2CCCC2)c1)N(C)Cc1ccccc1OC. The summed E-state index contributed by atoms with van der Waals surface area (Å²) in [6.45, 7) is 2.95. The molecule has 0 radical (unpaired) electrons. The molecule has 0 spiro atoms. The van der Waals surface area contributed by atoms with Gasteiger partial charge in [0.05, 0.1) is 7.11 Å². The van der Waals surface area contributed by atoms with Gasteiger partial charge in [0.1, 0.15) is 5.75 Å². The van der Waals surface area contributed by atoms with Gasteiger partial charge in [-0.15, -0.1) is 0 Å². The van der Waals surface area contributed by atoms with Crippen LogP contribution >= 0.6 is 0 Å². The fourth-order valence-corrected chi connectivity index (χ4v) is 3.61. The molecule has 1 aliphatic rings. The first-order chi connectivity index (χ1) is 14.6. The van der Waals surface area contributed by atoms with Crippen molar-refractivity contribution in [3.63, 3.8) is 0 Å². The van der Waals surface area contributed by atoms with Crippen LogP contribution in [0.15, 0.2) is 53.5 Å². The fourth-order valence-electron chi connectivity index (χ4n) is 3.61. The molecule has 1 aliphatic heterocycles. The zero-order valence-electron chi connectivity index (χ0n) is 18.0. The number of hydrogen-bond acceptors (Lipinski definition) is 3. The van der Waals surface area contributed by atoms with E-state index in [2.05, 4.69) is 26.6 Å². The summed E-state index contributed by atoms with van der Waals surface area (Å²) < 4.78 is 5.45. The van der Waals surface area contributed by atoms with Gasteiger partial charge in [-0.1, -0.05) is 30.3 Å². The van der Waals surface area contributed by atoms with E-state index in [1.54, 1.807) is 14.2 Å². The molecule has 1 saturated heterocycles. The number of benzene rings is 2. The fraction of sp³-hybridized carbons (Fsp3) is 0.391. The number of aliphatic imine (C=N–C) groups is 1. The van der Waals surface area contributed by atoms with E-state index in [0.29, 0.717) is 13.1 Å². The lowest BCUT2D eigenvalue weighted by atomic mass is 10.2. The van der Waals surface area contributed by atoms with Crippen molar-refractivity contribution in [1.82, 2.24) is 15.1 Å². The van der Waals surface area contributed by atoms with Crippen molar-refractivity contribution in [2.24, 2.45) is 4.99 Å². The summed E-state index contributed by atoms with van der Waals surface area (Å²) in [5, 5.41) is 6.39. The summed E-state index contributed by atoms with van der Waals surface area (Å²) in [6.07, 6.45) is 2.16. The van der Waals surface area contributed by atoms with Crippen LogP contribution in [-0.4, -0.2) is 56.1 Å². The Morgan fingerprint density at radius 3 is 2.67 bits per heavy atom. The maximum Gasteiger partial charge on any atom is 0.321 e. The Kier molecular flexibility index (Phi) is 7.54. The minimum Gasteiger partial charge on any atom is -0.496 e. The van der Waals surface area contributed by atoms with Gasteiger partial charge in [-0.2, -0.15) is 0 Å². The third-order valence-electron chi connectivity index (χ3n) is 5.20. The third kappa shape index (κ3) is 5.65. The lowest BCUT2D eigenvalue weighted by molar-refractivity contribution is 0.222. The molecule has 0 bridgehead atoms. The van der Waals surface area contributed by atoms with E-state index >= 15 is 0 Å². The lowest BCUT2D eigenvalue weighted by Crippen LogP contribution is -2.38. The number of nitrogens with one attached hydrogen (secondary N) is 2. The van der Waals surface area contributed by atoms with Crippen molar-refractivity contribution in [2.45, 2.75) is 25.9 Å². The van der Waals surface area contributed by atoms with E-state index in [9.17, 15) is 4.79 Å². The zero-order chi connectivity index (χ0) is 21.3. The molecular weight excluding hydrogens is 378 g/mol. The van der Waals surface area contributed by atoms with Crippen LogP contribution in [0.1, 0.15) is 24.0 Å². The summed E-state index contributed by atoms with van der Waals surface area (Å²) in [5.41, 5.74) is 2.97. The van der Waals surface area contributed by atoms with Gasteiger partial charge < -0.3 is 25.2 Å². The number of hydrogen-bond donors (Lipinski definition) is 2. The third-order valence-corrected chi connectivity index (χ3v) is 5.20. The van der Waals surface area contributed by atoms with Crippen LogP contribution in [-0.2, 0) is 13.1 Å². The van der Waals surface area contributed by atoms with Gasteiger partial charge in [0.25, 0.3) is 0 Å². The van der Waals surface area contributed by atoms with Gasteiger partial charge in [-0.25, -0.2) is 4.79 Å². The molecule has 2 N–H and O–H groups in total. The lowest BCUT2D eigenvalue weighted by Gasteiger charge is -2.23. The molecule has 0 atom stereocenters. The first kappa shape index (κ1) is 21.5. The number of amides is 2. The van der Waals surface area contributed by atoms with Crippen molar-refractivity contribution in [1.29, 1.82) is 0 Å². The number of likely N-dealkylation sites (tertiary alicyclic amines) is 1. The van der Waals surface area contributed by atoms with Crippen molar-refractivity contribution >= 4 is 17.7 Å². The predicted octanol–water partition coefficient (Wildman–Crippen LogP) is 3.53. The van der Waals surface area contributed by atoms with Crippen LogP contribution in [0, 0.1) is 0 Å². The Labute approximate surface area is 178 Å². The van der Waals surface area contributed by atoms with E-state index in [4.69, 9.17) is 4.74 Å². The highest BCUT2D eigenvalue weighted by molar-refractivity contribution is 5.89. The van der Waals surface area contributed by atoms with Gasteiger partial charge >= 0.3 is 6.03 Å². The Balaban J connectivity index is 1.57. The molecule has 0 aromatic heterocycles. The van der Waals surface area contributed by atoms with Crippen LogP contribution in [0.4, 0.5) is 10.5 Å². The molecule has 1 heterocycles. The van der Waals surface area contributed by atoms with Gasteiger partial charge in [0.15, 0.2) is 5.96 Å². The summed E-state index contributed by atoms with van der Waals surface area (Å²) in [4.78, 5) is 20.6. The summed E-state index contributed by atoms with van der Waals surface area (Å²) >= 11 is 0. The van der Waals surface area contributed by atoms with Gasteiger partial charge in [-0.05, 0) is 36.6 Å². The number of carbonyl (C=O) groups is 1. The quantitative estimate of drug-likeness (QED) is 0.566. The van der Waals surface area contributed by atoms with Crippen molar-refractivity contribution in [3.05, 3.63) is 59.7 Å². The molecule has 1 fully saturated rings. The minimum absolute atomic E-state index is 0.0232. The molecule has 7 nitrogen and oxygen atoms in total. The monoisotopic (exact) mass is 409 g/mol. The van der Waals surface area contributed by atoms with Crippen molar-refractivity contribution < 1.29 is 9.53 Å². The highest BCUT2D eigenvalue weighted by atomic mass is 16.5. The zero-order valence-corrected chi connectivity index (χ0v) is 18.0. The van der Waals surface area contributed by atoms with Crippen LogP contribution in [0.5, 0.6) is 5.75 Å². The summed E-state index contributed by atoms with van der Waals surface area (Å²) in [7, 11) is 5.45.